The molecular formula is C26H35BrFN9O2. The standard InChI is InChI=1S/C22H24BrFN4O2.C4H11N5/c1-28-7-5-14(6-8-28)12-30-21-11-19-16(10-20(21)29-2)22(26-13-25-19)27-18-4-3-15(23)9-17(18)24;1-9(2)4(7)8-3(5)6/h3-4,9-11,13-14H,5-8,12H2,1-2H3,(H,25,26,27);1-2H3,(H5,5,6,7,8). The second-order valence-corrected chi connectivity index (χ2v) is 10.2. The molecule has 2 heterocycles. The minimum atomic E-state index is -0.374. The van der Waals surface area contributed by atoms with Gasteiger partial charge < -0.3 is 36.1 Å². The molecule has 0 radical (unpaired) electrons. The second-order valence-electron chi connectivity index (χ2n) is 9.30. The van der Waals surface area contributed by atoms with Gasteiger partial charge in [0.25, 0.3) is 0 Å². The van der Waals surface area contributed by atoms with Crippen molar-refractivity contribution in [1.29, 1.82) is 5.41 Å². The number of ether oxygens (including phenoxy) is 2. The van der Waals surface area contributed by atoms with E-state index >= 15 is 0 Å². The molecule has 0 unspecified atom stereocenters. The molecule has 1 aromatic heterocycles. The van der Waals surface area contributed by atoms with Gasteiger partial charge in [-0.1, -0.05) is 15.9 Å². The van der Waals surface area contributed by atoms with E-state index in [9.17, 15) is 4.39 Å². The third-order valence-electron chi connectivity index (χ3n) is 6.08. The number of piperidine rings is 1. The number of hydrogen-bond donors (Lipinski definition) is 4. The van der Waals surface area contributed by atoms with Crippen LogP contribution in [0.5, 0.6) is 11.5 Å². The molecule has 0 aliphatic carbocycles. The van der Waals surface area contributed by atoms with Gasteiger partial charge in [-0.3, -0.25) is 5.41 Å². The molecule has 39 heavy (non-hydrogen) atoms. The van der Waals surface area contributed by atoms with Crippen LogP contribution in [0.1, 0.15) is 12.8 Å². The zero-order chi connectivity index (χ0) is 28.5. The van der Waals surface area contributed by atoms with E-state index in [2.05, 4.69) is 48.2 Å². The van der Waals surface area contributed by atoms with Crippen molar-refractivity contribution >= 4 is 50.3 Å². The Morgan fingerprint density at radius 1 is 1.21 bits per heavy atom. The van der Waals surface area contributed by atoms with Crippen molar-refractivity contribution in [3.8, 4) is 11.5 Å². The molecular weight excluding hydrogens is 569 g/mol. The van der Waals surface area contributed by atoms with Crippen molar-refractivity contribution in [3.05, 3.63) is 46.9 Å². The van der Waals surface area contributed by atoms with Crippen LogP contribution in [0, 0.1) is 17.1 Å². The summed E-state index contributed by atoms with van der Waals surface area (Å²) >= 11 is 3.27. The third-order valence-corrected chi connectivity index (χ3v) is 6.57. The van der Waals surface area contributed by atoms with Crippen LogP contribution in [0.4, 0.5) is 15.9 Å². The lowest BCUT2D eigenvalue weighted by Gasteiger charge is -2.28. The quantitative estimate of drug-likeness (QED) is 0.244. The zero-order valence-corrected chi connectivity index (χ0v) is 24.1. The lowest BCUT2D eigenvalue weighted by Crippen LogP contribution is -2.32. The van der Waals surface area contributed by atoms with Crippen LogP contribution in [-0.2, 0) is 0 Å². The molecule has 13 heteroatoms. The van der Waals surface area contributed by atoms with E-state index in [1.54, 1.807) is 33.3 Å². The van der Waals surface area contributed by atoms with Gasteiger partial charge >= 0.3 is 0 Å². The maximum absolute atomic E-state index is 14.3. The first-order valence-corrected chi connectivity index (χ1v) is 13.1. The highest BCUT2D eigenvalue weighted by molar-refractivity contribution is 9.10. The molecule has 11 nitrogen and oxygen atoms in total. The van der Waals surface area contributed by atoms with Crippen LogP contribution < -0.4 is 26.3 Å². The van der Waals surface area contributed by atoms with Gasteiger partial charge in [-0.05, 0) is 63.2 Å². The fourth-order valence-electron chi connectivity index (χ4n) is 3.81. The molecule has 4 rings (SSSR count). The number of likely N-dealkylation sites (tertiary alicyclic amines) is 1. The van der Waals surface area contributed by atoms with Crippen LogP contribution >= 0.6 is 15.9 Å². The Labute approximate surface area is 236 Å². The summed E-state index contributed by atoms with van der Waals surface area (Å²) in [4.78, 5) is 16.0. The van der Waals surface area contributed by atoms with Gasteiger partial charge in [0, 0.05) is 30.0 Å². The molecule has 3 aromatic rings. The highest BCUT2D eigenvalue weighted by Crippen LogP contribution is 2.35. The van der Waals surface area contributed by atoms with Gasteiger partial charge in [0.2, 0.25) is 5.96 Å². The number of nitrogens with two attached hydrogens (primary N) is 2. The van der Waals surface area contributed by atoms with Gasteiger partial charge in [0.05, 0.1) is 24.9 Å². The van der Waals surface area contributed by atoms with Gasteiger partial charge in [0.15, 0.2) is 17.5 Å². The number of rotatable bonds is 6. The number of nitrogens with one attached hydrogen (secondary N) is 2. The molecule has 1 aliphatic rings. The summed E-state index contributed by atoms with van der Waals surface area (Å²) in [5.74, 6) is 1.88. The number of benzene rings is 2. The molecule has 6 N–H and O–H groups in total. The molecule has 2 aromatic carbocycles. The number of aromatic nitrogens is 2. The number of guanidine groups is 2. The van der Waals surface area contributed by atoms with Crippen LogP contribution in [0.2, 0.25) is 0 Å². The van der Waals surface area contributed by atoms with Gasteiger partial charge in [0.1, 0.15) is 18.0 Å². The number of hydrogen-bond acceptors (Lipinski definition) is 7. The number of aliphatic imine (C=N–C) groups is 1. The molecule has 0 amide bonds. The topological polar surface area (TPSA) is 151 Å². The average molecular weight is 605 g/mol. The molecule has 1 fully saturated rings. The Kier molecular flexibility index (Phi) is 10.6. The van der Waals surface area contributed by atoms with Crippen molar-refractivity contribution < 1.29 is 13.9 Å². The third kappa shape index (κ3) is 8.65. The molecule has 210 valence electrons. The largest absolute Gasteiger partial charge is 0.493 e. The minimum absolute atomic E-state index is 0.0509. The Morgan fingerprint density at radius 3 is 2.51 bits per heavy atom. The van der Waals surface area contributed by atoms with E-state index in [1.807, 2.05) is 12.1 Å². The van der Waals surface area contributed by atoms with E-state index < -0.39 is 0 Å². The predicted molar refractivity (Wildman–Crippen MR) is 156 cm³/mol. The van der Waals surface area contributed by atoms with Gasteiger partial charge in [-0.15, -0.1) is 0 Å². The fraction of sp³-hybridized carbons (Fsp3) is 0.385. The molecule has 0 bridgehead atoms. The summed E-state index contributed by atoms with van der Waals surface area (Å²) < 4.78 is 26.6. The molecule has 0 spiro atoms. The summed E-state index contributed by atoms with van der Waals surface area (Å²) in [5.41, 5.74) is 11.0. The smallest absolute Gasteiger partial charge is 0.220 e. The molecule has 1 aliphatic heterocycles. The Balaban J connectivity index is 0.000000403. The summed E-state index contributed by atoms with van der Waals surface area (Å²) in [7, 11) is 7.13. The first kappa shape index (κ1) is 29.8. The van der Waals surface area contributed by atoms with E-state index in [4.69, 9.17) is 26.4 Å². The average Bonchev–Trinajstić information content (AvgIpc) is 2.89. The van der Waals surface area contributed by atoms with Crippen LogP contribution in [0.25, 0.3) is 10.9 Å². The Hall–Kier alpha value is -3.71. The van der Waals surface area contributed by atoms with Crippen molar-refractivity contribution in [1.82, 2.24) is 19.8 Å². The highest BCUT2D eigenvalue weighted by atomic mass is 79.9. The summed E-state index contributed by atoms with van der Waals surface area (Å²) in [6.45, 7) is 2.84. The van der Waals surface area contributed by atoms with Crippen LogP contribution in [0.15, 0.2) is 46.1 Å². The predicted octanol–water partition coefficient (Wildman–Crippen LogP) is 3.76. The monoisotopic (exact) mass is 603 g/mol. The number of halogens is 2. The Bertz CT molecular complexity index is 1310. The van der Waals surface area contributed by atoms with E-state index in [-0.39, 0.29) is 17.7 Å². The fourth-order valence-corrected chi connectivity index (χ4v) is 4.15. The summed E-state index contributed by atoms with van der Waals surface area (Å²) in [5, 5.41) is 10.8. The molecule has 0 atom stereocenters. The first-order valence-electron chi connectivity index (χ1n) is 12.3. The maximum atomic E-state index is 14.3. The van der Waals surface area contributed by atoms with Crippen molar-refractivity contribution in [2.75, 3.05) is 53.3 Å². The first-order chi connectivity index (χ1) is 18.6. The van der Waals surface area contributed by atoms with Crippen molar-refractivity contribution in [3.63, 3.8) is 0 Å². The SMILES string of the molecule is CN(C)C(=N)N=C(N)N.COc1cc2c(Nc3ccc(Br)cc3F)ncnc2cc1OCC1CCN(C)CC1. The van der Waals surface area contributed by atoms with Crippen LogP contribution in [-0.4, -0.2) is 79.6 Å². The van der Waals surface area contributed by atoms with E-state index in [0.29, 0.717) is 45.5 Å². The number of methoxy groups -OCH3 is 1. The minimum Gasteiger partial charge on any atom is -0.493 e. The molecule has 1 saturated heterocycles. The van der Waals surface area contributed by atoms with Gasteiger partial charge in [-0.2, -0.15) is 4.99 Å². The van der Waals surface area contributed by atoms with E-state index in [1.165, 1.54) is 17.3 Å². The second kappa shape index (κ2) is 13.9. The van der Waals surface area contributed by atoms with Gasteiger partial charge in [-0.25, -0.2) is 14.4 Å². The van der Waals surface area contributed by atoms with Crippen molar-refractivity contribution in [2.45, 2.75) is 12.8 Å². The Morgan fingerprint density at radius 2 is 1.92 bits per heavy atom. The highest BCUT2D eigenvalue weighted by Gasteiger charge is 2.19. The lowest BCUT2D eigenvalue weighted by atomic mass is 9.98. The number of nitrogens with zero attached hydrogens (tertiary/aromatic N) is 5. The maximum Gasteiger partial charge on any atom is 0.220 e. The molecule has 0 saturated carbocycles. The number of anilines is 2. The van der Waals surface area contributed by atoms with E-state index in [0.717, 1.165) is 31.3 Å². The zero-order valence-electron chi connectivity index (χ0n) is 22.5. The summed E-state index contributed by atoms with van der Waals surface area (Å²) in [6, 6.07) is 8.52. The lowest BCUT2D eigenvalue weighted by molar-refractivity contribution is 0.157. The normalized spacial score (nSPS) is 13.7. The number of fused-ring (bicyclic) bond motifs is 1. The summed E-state index contributed by atoms with van der Waals surface area (Å²) in [6.07, 6.45) is 3.71. The van der Waals surface area contributed by atoms with Crippen molar-refractivity contribution in [2.24, 2.45) is 22.4 Å². The van der Waals surface area contributed by atoms with Crippen LogP contribution in [0.3, 0.4) is 0 Å².